The number of nitrogens with two attached hydrogens (primary N) is 1. The van der Waals surface area contributed by atoms with Crippen LogP contribution in [0.15, 0.2) is 6.33 Å². The molecule has 0 radical (unpaired) electrons. The molecule has 4 rings (SSSR count). The predicted octanol–water partition coefficient (Wildman–Crippen LogP) is 2.24. The summed E-state index contributed by atoms with van der Waals surface area (Å²) in [5.74, 6) is 0.781. The average molecular weight is 346 g/mol. The van der Waals surface area contributed by atoms with Gasteiger partial charge in [0, 0.05) is 36.5 Å². The third-order valence-corrected chi connectivity index (χ3v) is 6.24. The number of nitrogens with zero attached hydrogens (tertiary/aromatic N) is 3. The Kier molecular flexibility index (Phi) is 4.14. The summed E-state index contributed by atoms with van der Waals surface area (Å²) in [5, 5.41) is 0.998. The second-order valence-electron chi connectivity index (χ2n) is 6.71. The van der Waals surface area contributed by atoms with E-state index in [-0.39, 0.29) is 12.0 Å². The number of amides is 1. The number of rotatable bonds is 2. The number of carbonyl (C=O) groups excluding carboxylic acids is 1. The first-order valence-electron chi connectivity index (χ1n) is 8.55. The Morgan fingerprint density at radius 2 is 2.12 bits per heavy atom. The molecule has 1 aliphatic heterocycles. The monoisotopic (exact) mass is 346 g/mol. The highest BCUT2D eigenvalue weighted by atomic mass is 32.1. The highest BCUT2D eigenvalue weighted by Gasteiger charge is 2.27. The molecule has 1 saturated carbocycles. The first-order valence-corrected chi connectivity index (χ1v) is 9.36. The molecule has 2 N–H and O–H groups in total. The maximum Gasteiger partial charge on any atom is 0.225 e. The van der Waals surface area contributed by atoms with Crippen molar-refractivity contribution in [2.75, 3.05) is 6.54 Å². The molecule has 128 valence electrons. The zero-order valence-corrected chi connectivity index (χ0v) is 14.6. The molecule has 1 aliphatic carbocycles. The van der Waals surface area contributed by atoms with E-state index < -0.39 is 0 Å². The van der Waals surface area contributed by atoms with Gasteiger partial charge in [0.2, 0.25) is 11.8 Å². The van der Waals surface area contributed by atoms with Crippen molar-refractivity contribution in [1.29, 1.82) is 0 Å². The second-order valence-corrected chi connectivity index (χ2v) is 7.79. The van der Waals surface area contributed by atoms with E-state index in [0.717, 1.165) is 48.9 Å². The largest absolute Gasteiger partial charge is 0.474 e. The molecule has 7 heteroatoms. The topological polar surface area (TPSA) is 81.3 Å². The van der Waals surface area contributed by atoms with E-state index in [9.17, 15) is 4.79 Å². The Hall–Kier alpha value is -1.73. The average Bonchev–Trinajstić information content (AvgIpc) is 2.95. The van der Waals surface area contributed by atoms with Crippen LogP contribution in [-0.4, -0.2) is 39.5 Å². The minimum atomic E-state index is 0.112. The lowest BCUT2D eigenvalue weighted by Gasteiger charge is -2.28. The molecule has 2 aliphatic rings. The van der Waals surface area contributed by atoms with Gasteiger partial charge in [-0.25, -0.2) is 9.97 Å². The van der Waals surface area contributed by atoms with Gasteiger partial charge in [-0.3, -0.25) is 4.79 Å². The maximum absolute atomic E-state index is 11.8. The number of ether oxygens (including phenoxy) is 1. The molecule has 1 fully saturated rings. The lowest BCUT2D eigenvalue weighted by molar-refractivity contribution is -0.129. The van der Waals surface area contributed by atoms with Crippen molar-refractivity contribution in [3.05, 3.63) is 16.8 Å². The van der Waals surface area contributed by atoms with Crippen molar-refractivity contribution in [2.45, 2.75) is 57.7 Å². The molecule has 3 heterocycles. The van der Waals surface area contributed by atoms with E-state index in [1.54, 1.807) is 24.6 Å². The summed E-state index contributed by atoms with van der Waals surface area (Å²) in [6, 6.07) is 0.299. The van der Waals surface area contributed by atoms with Gasteiger partial charge in [0.1, 0.15) is 17.3 Å². The summed E-state index contributed by atoms with van der Waals surface area (Å²) in [5.41, 5.74) is 7.15. The van der Waals surface area contributed by atoms with Crippen molar-refractivity contribution >= 4 is 27.5 Å². The molecule has 0 unspecified atom stereocenters. The molecule has 0 saturated heterocycles. The van der Waals surface area contributed by atoms with E-state index in [1.807, 2.05) is 4.90 Å². The summed E-state index contributed by atoms with van der Waals surface area (Å²) in [7, 11) is 0. The standard InChI is InChI=1S/C17H22N4O2S/c1-10(22)21-7-6-14-13(8-21)15-16(19-9-20-17(15)24-14)23-12-4-2-11(18)3-5-12/h9,11-12H,2-8,18H2,1H3. The van der Waals surface area contributed by atoms with Gasteiger partial charge in [-0.15, -0.1) is 11.3 Å². The first-order chi connectivity index (χ1) is 11.6. The molecule has 0 bridgehead atoms. The molecule has 0 aromatic carbocycles. The molecule has 24 heavy (non-hydrogen) atoms. The zero-order valence-electron chi connectivity index (χ0n) is 13.8. The molecular formula is C17H22N4O2S. The lowest BCUT2D eigenvalue weighted by Crippen LogP contribution is -2.33. The Morgan fingerprint density at radius 3 is 2.88 bits per heavy atom. The van der Waals surface area contributed by atoms with E-state index in [1.165, 1.54) is 10.4 Å². The van der Waals surface area contributed by atoms with Crippen LogP contribution in [0.1, 0.15) is 43.0 Å². The second kappa shape index (κ2) is 6.29. The molecule has 1 amide bonds. The minimum absolute atomic E-state index is 0.112. The van der Waals surface area contributed by atoms with E-state index in [4.69, 9.17) is 10.5 Å². The molecule has 0 spiro atoms. The third-order valence-electron chi connectivity index (χ3n) is 5.04. The predicted molar refractivity (Wildman–Crippen MR) is 93.1 cm³/mol. The van der Waals surface area contributed by atoms with Crippen LogP contribution in [0.5, 0.6) is 5.88 Å². The molecule has 6 nitrogen and oxygen atoms in total. The van der Waals surface area contributed by atoms with Crippen molar-refractivity contribution in [3.63, 3.8) is 0 Å². The number of fused-ring (bicyclic) bond motifs is 3. The fraction of sp³-hybridized carbons (Fsp3) is 0.588. The molecule has 2 aromatic rings. The van der Waals surface area contributed by atoms with Crippen molar-refractivity contribution in [3.8, 4) is 5.88 Å². The summed E-state index contributed by atoms with van der Waals surface area (Å²) < 4.78 is 6.23. The maximum atomic E-state index is 11.8. The quantitative estimate of drug-likeness (QED) is 0.902. The Labute approximate surface area is 145 Å². The van der Waals surface area contributed by atoms with Gasteiger partial charge >= 0.3 is 0 Å². The molecular weight excluding hydrogens is 324 g/mol. The zero-order chi connectivity index (χ0) is 16.7. The third kappa shape index (κ3) is 2.86. The Morgan fingerprint density at radius 1 is 1.33 bits per heavy atom. The van der Waals surface area contributed by atoms with Crippen LogP contribution in [0.25, 0.3) is 10.2 Å². The lowest BCUT2D eigenvalue weighted by atomic mass is 9.94. The highest BCUT2D eigenvalue weighted by molar-refractivity contribution is 7.18. The van der Waals surface area contributed by atoms with Crippen molar-refractivity contribution in [1.82, 2.24) is 14.9 Å². The van der Waals surface area contributed by atoms with Crippen LogP contribution >= 0.6 is 11.3 Å². The van der Waals surface area contributed by atoms with Gasteiger partial charge in [0.15, 0.2) is 0 Å². The smallest absolute Gasteiger partial charge is 0.225 e. The van der Waals surface area contributed by atoms with Crippen molar-refractivity contribution in [2.24, 2.45) is 5.73 Å². The van der Waals surface area contributed by atoms with Crippen LogP contribution in [-0.2, 0) is 17.8 Å². The number of thiophene rings is 1. The summed E-state index contributed by atoms with van der Waals surface area (Å²) in [6.07, 6.45) is 6.57. The normalized spacial score (nSPS) is 24.0. The van der Waals surface area contributed by atoms with Crippen molar-refractivity contribution < 1.29 is 9.53 Å². The van der Waals surface area contributed by atoms with Crippen LogP contribution < -0.4 is 10.5 Å². The SMILES string of the molecule is CC(=O)N1CCc2sc3ncnc(OC4CCC(N)CC4)c3c2C1. The summed E-state index contributed by atoms with van der Waals surface area (Å²) >= 11 is 1.70. The Balaban J connectivity index is 1.66. The van der Waals surface area contributed by atoms with Gasteiger partial charge in [-0.2, -0.15) is 0 Å². The van der Waals surface area contributed by atoms with Crippen LogP contribution in [0.2, 0.25) is 0 Å². The van der Waals surface area contributed by atoms with Gasteiger partial charge in [-0.1, -0.05) is 0 Å². The van der Waals surface area contributed by atoms with Gasteiger partial charge < -0.3 is 15.4 Å². The molecule has 0 atom stereocenters. The van der Waals surface area contributed by atoms with Crippen LogP contribution in [0.4, 0.5) is 0 Å². The highest BCUT2D eigenvalue weighted by Crippen LogP contribution is 2.39. The van der Waals surface area contributed by atoms with E-state index in [2.05, 4.69) is 9.97 Å². The van der Waals surface area contributed by atoms with Gasteiger partial charge in [0.05, 0.1) is 5.39 Å². The van der Waals surface area contributed by atoms with Crippen LogP contribution in [0, 0.1) is 0 Å². The first kappa shape index (κ1) is 15.8. The fourth-order valence-corrected chi connectivity index (χ4v) is 4.73. The van der Waals surface area contributed by atoms with E-state index >= 15 is 0 Å². The number of carbonyl (C=O) groups is 1. The minimum Gasteiger partial charge on any atom is -0.474 e. The number of hydrogen-bond donors (Lipinski definition) is 1. The van der Waals surface area contributed by atoms with E-state index in [0.29, 0.717) is 18.5 Å². The molecule has 2 aromatic heterocycles. The Bertz CT molecular complexity index is 767. The summed E-state index contributed by atoms with van der Waals surface area (Å²) in [6.45, 7) is 3.03. The number of aromatic nitrogens is 2. The summed E-state index contributed by atoms with van der Waals surface area (Å²) in [4.78, 5) is 24.7. The van der Waals surface area contributed by atoms with Crippen LogP contribution in [0.3, 0.4) is 0 Å². The fourth-order valence-electron chi connectivity index (χ4n) is 3.61. The number of hydrogen-bond acceptors (Lipinski definition) is 6. The van der Waals surface area contributed by atoms with Gasteiger partial charge in [0.25, 0.3) is 0 Å². The van der Waals surface area contributed by atoms with Gasteiger partial charge in [-0.05, 0) is 32.1 Å².